The van der Waals surface area contributed by atoms with Crippen LogP contribution in [-0.2, 0) is 13.5 Å². The zero-order chi connectivity index (χ0) is 21.1. The Morgan fingerprint density at radius 1 is 0.839 bits per heavy atom. The number of benzene rings is 3. The second-order valence-corrected chi connectivity index (χ2v) is 8.59. The molecular weight excluding hydrogens is 380 g/mol. The van der Waals surface area contributed by atoms with E-state index in [0.29, 0.717) is 0 Å². The third-order valence-corrected chi connectivity index (χ3v) is 6.74. The molecule has 0 atom stereocenters. The number of para-hydroxylation sites is 1. The second-order valence-electron chi connectivity index (χ2n) is 8.59. The second kappa shape index (κ2) is 6.71. The Bertz CT molecular complexity index is 1480. The summed E-state index contributed by atoms with van der Waals surface area (Å²) >= 11 is 0. The Kier molecular flexibility index (Phi) is 3.94. The molecule has 0 fully saturated rings. The van der Waals surface area contributed by atoms with Gasteiger partial charge in [0.1, 0.15) is 18.2 Å². The van der Waals surface area contributed by atoms with Gasteiger partial charge in [0, 0.05) is 47.7 Å². The number of aromatic nitrogens is 1. The van der Waals surface area contributed by atoms with Gasteiger partial charge in [-0.3, -0.25) is 0 Å². The van der Waals surface area contributed by atoms with E-state index in [1.807, 2.05) is 0 Å². The molecule has 152 valence electrons. The van der Waals surface area contributed by atoms with Crippen molar-refractivity contribution in [2.45, 2.75) is 13.3 Å². The molecule has 0 bridgehead atoms. The molecule has 5 aromatic rings. The van der Waals surface area contributed by atoms with Crippen LogP contribution in [0.4, 0.5) is 5.69 Å². The number of hydrogen-bond donors (Lipinski definition) is 0. The Morgan fingerprint density at radius 2 is 1.65 bits per heavy atom. The Morgan fingerprint density at radius 3 is 2.52 bits per heavy atom. The number of rotatable bonds is 2. The van der Waals surface area contributed by atoms with E-state index >= 15 is 0 Å². The average molecular weight is 406 g/mol. The van der Waals surface area contributed by atoms with Crippen LogP contribution in [-0.4, -0.2) is 13.6 Å². The van der Waals surface area contributed by atoms with Crippen molar-refractivity contribution in [3.05, 3.63) is 84.1 Å². The molecule has 0 amide bonds. The Hall–Kier alpha value is -3.59. The highest BCUT2D eigenvalue weighted by molar-refractivity contribution is 6.13. The van der Waals surface area contributed by atoms with Crippen LogP contribution in [0.25, 0.3) is 44.3 Å². The first-order valence-electron chi connectivity index (χ1n) is 10.9. The molecule has 31 heavy (non-hydrogen) atoms. The van der Waals surface area contributed by atoms with Gasteiger partial charge >= 0.3 is 0 Å². The van der Waals surface area contributed by atoms with Crippen LogP contribution >= 0.6 is 0 Å². The average Bonchev–Trinajstić information content (AvgIpc) is 3.35. The smallest absolute Gasteiger partial charge is 0.216 e. The summed E-state index contributed by atoms with van der Waals surface area (Å²) in [4.78, 5) is 2.34. The quantitative estimate of drug-likeness (QED) is 0.334. The predicted octanol–water partition coefficient (Wildman–Crippen LogP) is 6.05. The summed E-state index contributed by atoms with van der Waals surface area (Å²) in [5, 5.41) is 2.35. The van der Waals surface area contributed by atoms with Gasteiger partial charge in [0.15, 0.2) is 6.20 Å². The number of pyridine rings is 1. The van der Waals surface area contributed by atoms with Gasteiger partial charge in [0.05, 0.1) is 5.56 Å². The van der Waals surface area contributed by atoms with E-state index in [2.05, 4.69) is 103 Å². The molecule has 0 spiro atoms. The van der Waals surface area contributed by atoms with Gasteiger partial charge < -0.3 is 9.32 Å². The zero-order valence-electron chi connectivity index (χ0n) is 18.1. The molecule has 0 aliphatic carbocycles. The Labute approximate surface area is 182 Å². The number of furan rings is 1. The number of hydrogen-bond acceptors (Lipinski definition) is 2. The Balaban J connectivity index is 1.68. The van der Waals surface area contributed by atoms with Crippen LogP contribution in [0, 0.1) is 6.92 Å². The minimum atomic E-state index is 0.967. The van der Waals surface area contributed by atoms with Crippen molar-refractivity contribution in [3.63, 3.8) is 0 Å². The van der Waals surface area contributed by atoms with Gasteiger partial charge in [-0.05, 0) is 42.2 Å². The molecule has 3 heterocycles. The number of anilines is 1. The van der Waals surface area contributed by atoms with Crippen LogP contribution in [0.1, 0.15) is 11.1 Å². The maximum atomic E-state index is 6.72. The van der Waals surface area contributed by atoms with E-state index in [4.69, 9.17) is 4.42 Å². The van der Waals surface area contributed by atoms with Crippen LogP contribution in [0.5, 0.6) is 0 Å². The summed E-state index contributed by atoms with van der Waals surface area (Å²) in [6.45, 7) is 3.23. The van der Waals surface area contributed by atoms with Gasteiger partial charge in [-0.2, -0.15) is 0 Å². The van der Waals surface area contributed by atoms with Gasteiger partial charge in [-0.1, -0.05) is 42.5 Å². The molecule has 0 N–H and O–H groups in total. The topological polar surface area (TPSA) is 20.3 Å². The lowest BCUT2D eigenvalue weighted by Crippen LogP contribution is -2.30. The van der Waals surface area contributed by atoms with Gasteiger partial charge in [0.2, 0.25) is 5.69 Å². The van der Waals surface area contributed by atoms with E-state index in [1.165, 1.54) is 44.3 Å². The summed E-state index contributed by atoms with van der Waals surface area (Å²) in [7, 11) is 4.26. The molecule has 1 aliphatic heterocycles. The SMILES string of the molecule is Cc1ccc2c(oc3c(-c4cccc5c4CCN5C)cccc32)c1-c1cccc[n+]1C. The molecule has 2 aromatic heterocycles. The maximum Gasteiger partial charge on any atom is 0.216 e. The summed E-state index contributed by atoms with van der Waals surface area (Å²) < 4.78 is 8.88. The van der Waals surface area contributed by atoms with Crippen LogP contribution in [0.3, 0.4) is 0 Å². The van der Waals surface area contributed by atoms with Crippen molar-refractivity contribution < 1.29 is 8.98 Å². The van der Waals surface area contributed by atoms with Crippen molar-refractivity contribution >= 4 is 27.6 Å². The molecule has 0 saturated carbocycles. The fraction of sp³-hybridized carbons (Fsp3) is 0.179. The summed E-state index contributed by atoms with van der Waals surface area (Å²) in [5.41, 5.74) is 10.7. The summed E-state index contributed by atoms with van der Waals surface area (Å²) in [6, 6.07) is 23.9. The van der Waals surface area contributed by atoms with Crippen LogP contribution in [0.15, 0.2) is 77.3 Å². The molecule has 1 aliphatic rings. The summed E-state index contributed by atoms with van der Waals surface area (Å²) in [6.07, 6.45) is 3.16. The minimum absolute atomic E-state index is 0.967. The number of nitrogens with zero attached hydrogens (tertiary/aromatic N) is 2. The van der Waals surface area contributed by atoms with Crippen molar-refractivity contribution in [1.82, 2.24) is 0 Å². The highest BCUT2D eigenvalue weighted by Gasteiger charge is 2.24. The minimum Gasteiger partial charge on any atom is -0.454 e. The third-order valence-electron chi connectivity index (χ3n) is 6.74. The van der Waals surface area contributed by atoms with Gasteiger partial charge in [-0.25, -0.2) is 4.57 Å². The largest absolute Gasteiger partial charge is 0.454 e. The normalized spacial score (nSPS) is 13.3. The molecule has 0 saturated heterocycles. The first-order valence-corrected chi connectivity index (χ1v) is 10.9. The van der Waals surface area contributed by atoms with E-state index in [0.717, 1.165) is 29.8 Å². The number of fused-ring (bicyclic) bond motifs is 4. The molecule has 3 aromatic carbocycles. The van der Waals surface area contributed by atoms with Gasteiger partial charge in [-0.15, -0.1) is 0 Å². The van der Waals surface area contributed by atoms with Crippen LogP contribution < -0.4 is 9.47 Å². The van der Waals surface area contributed by atoms with Crippen LogP contribution in [0.2, 0.25) is 0 Å². The molecule has 6 rings (SSSR count). The number of aryl methyl sites for hydroxylation is 2. The first kappa shape index (κ1) is 18.2. The fourth-order valence-electron chi connectivity index (χ4n) is 5.12. The summed E-state index contributed by atoms with van der Waals surface area (Å²) in [5.74, 6) is 0. The molecule has 0 unspecified atom stereocenters. The first-order chi connectivity index (χ1) is 15.1. The highest BCUT2D eigenvalue weighted by Crippen LogP contribution is 2.43. The van der Waals surface area contributed by atoms with Crippen molar-refractivity contribution in [1.29, 1.82) is 0 Å². The van der Waals surface area contributed by atoms with E-state index in [9.17, 15) is 0 Å². The van der Waals surface area contributed by atoms with E-state index in [1.54, 1.807) is 0 Å². The maximum absolute atomic E-state index is 6.72. The standard InChI is InChI=1S/C28H25N2O/c1-18-13-14-23-22-10-6-9-21(19-8-7-12-24-20(19)15-17-30(24)3)27(22)31-28(23)26(18)25-11-4-5-16-29(25)2/h4-14,16H,15,17H2,1-3H3/q+1. The fourth-order valence-corrected chi connectivity index (χ4v) is 5.12. The molecule has 0 radical (unpaired) electrons. The highest BCUT2D eigenvalue weighted by atomic mass is 16.3. The zero-order valence-corrected chi connectivity index (χ0v) is 18.1. The monoisotopic (exact) mass is 405 g/mol. The third kappa shape index (κ3) is 2.63. The van der Waals surface area contributed by atoms with Crippen molar-refractivity contribution in [2.24, 2.45) is 7.05 Å². The van der Waals surface area contributed by atoms with E-state index in [-0.39, 0.29) is 0 Å². The molecular formula is C28H25N2O+. The van der Waals surface area contributed by atoms with Crippen molar-refractivity contribution in [3.8, 4) is 22.4 Å². The lowest BCUT2D eigenvalue weighted by molar-refractivity contribution is -0.660. The van der Waals surface area contributed by atoms with Crippen molar-refractivity contribution in [2.75, 3.05) is 18.5 Å². The van der Waals surface area contributed by atoms with E-state index < -0.39 is 0 Å². The predicted molar refractivity (Wildman–Crippen MR) is 127 cm³/mol. The molecule has 3 nitrogen and oxygen atoms in total. The molecule has 3 heteroatoms. The lowest BCUT2D eigenvalue weighted by Gasteiger charge is -2.13. The number of likely N-dealkylation sites (N-methyl/N-ethyl adjacent to an activating group) is 1. The van der Waals surface area contributed by atoms with Gasteiger partial charge in [0.25, 0.3) is 0 Å². The lowest BCUT2D eigenvalue weighted by atomic mass is 9.95.